The number of hydrogen-bond donors (Lipinski definition) is 1. The summed E-state index contributed by atoms with van der Waals surface area (Å²) in [5, 5.41) is 2.67. The summed E-state index contributed by atoms with van der Waals surface area (Å²) >= 11 is 0. The minimum atomic E-state index is -0.548. The van der Waals surface area contributed by atoms with Gasteiger partial charge in [0.15, 0.2) is 11.6 Å². The number of methoxy groups -OCH3 is 1. The van der Waals surface area contributed by atoms with Crippen LogP contribution in [0.2, 0.25) is 0 Å². The molecule has 0 radical (unpaired) electrons. The van der Waals surface area contributed by atoms with E-state index in [1.54, 1.807) is 11.0 Å². The van der Waals surface area contributed by atoms with Gasteiger partial charge in [-0.15, -0.1) is 0 Å². The van der Waals surface area contributed by atoms with Gasteiger partial charge in [0.05, 0.1) is 13.0 Å². The average molecular weight is 342 g/mol. The van der Waals surface area contributed by atoms with Crippen LogP contribution in [0.5, 0.6) is 5.75 Å². The largest absolute Gasteiger partial charge is 0.494 e. The number of likely N-dealkylation sites (tertiary alicyclic amines) is 1. The Labute approximate surface area is 145 Å². The molecule has 2 aromatic carbocycles. The van der Waals surface area contributed by atoms with Crippen LogP contribution in [0.4, 0.5) is 10.1 Å². The second-order valence-corrected chi connectivity index (χ2v) is 6.00. The van der Waals surface area contributed by atoms with Gasteiger partial charge in [-0.3, -0.25) is 9.59 Å². The topological polar surface area (TPSA) is 58.6 Å². The lowest BCUT2D eigenvalue weighted by molar-refractivity contribution is -0.128. The highest BCUT2D eigenvalue weighted by Gasteiger charge is 2.34. The Morgan fingerprint density at radius 3 is 2.72 bits per heavy atom. The zero-order chi connectivity index (χ0) is 17.8. The SMILES string of the molecule is COc1ccc(NC(=O)C2CC(=O)N(Cc3ccccc3)C2)cc1F. The van der Waals surface area contributed by atoms with Crippen LogP contribution in [-0.4, -0.2) is 30.4 Å². The molecule has 1 heterocycles. The maximum atomic E-state index is 13.7. The van der Waals surface area contributed by atoms with E-state index in [2.05, 4.69) is 5.32 Å². The quantitative estimate of drug-likeness (QED) is 0.909. The minimum Gasteiger partial charge on any atom is -0.494 e. The average Bonchev–Trinajstić information content (AvgIpc) is 2.97. The Morgan fingerprint density at radius 1 is 1.28 bits per heavy atom. The Morgan fingerprint density at radius 2 is 2.04 bits per heavy atom. The Kier molecular flexibility index (Phi) is 4.97. The molecular formula is C19H19FN2O3. The van der Waals surface area contributed by atoms with Gasteiger partial charge >= 0.3 is 0 Å². The van der Waals surface area contributed by atoms with Gasteiger partial charge in [0, 0.05) is 31.3 Å². The molecule has 0 bridgehead atoms. The second kappa shape index (κ2) is 7.34. The molecule has 130 valence electrons. The first-order valence-electron chi connectivity index (χ1n) is 8.03. The minimum absolute atomic E-state index is 0.0510. The lowest BCUT2D eigenvalue weighted by Gasteiger charge is -2.16. The van der Waals surface area contributed by atoms with Gasteiger partial charge in [-0.25, -0.2) is 4.39 Å². The first kappa shape index (κ1) is 17.0. The molecule has 2 amide bonds. The van der Waals surface area contributed by atoms with Gasteiger partial charge in [-0.1, -0.05) is 30.3 Å². The zero-order valence-corrected chi connectivity index (χ0v) is 13.9. The number of nitrogens with one attached hydrogen (secondary N) is 1. The van der Waals surface area contributed by atoms with Gasteiger partial charge < -0.3 is 15.0 Å². The van der Waals surface area contributed by atoms with Crippen LogP contribution in [0.15, 0.2) is 48.5 Å². The number of carbonyl (C=O) groups is 2. The molecule has 0 saturated carbocycles. The van der Waals surface area contributed by atoms with E-state index >= 15 is 0 Å². The molecule has 1 unspecified atom stereocenters. The Hall–Kier alpha value is -2.89. The van der Waals surface area contributed by atoms with Crippen LogP contribution in [0, 0.1) is 11.7 Å². The molecule has 6 heteroatoms. The fourth-order valence-corrected chi connectivity index (χ4v) is 2.89. The van der Waals surface area contributed by atoms with E-state index in [9.17, 15) is 14.0 Å². The van der Waals surface area contributed by atoms with E-state index in [4.69, 9.17) is 4.74 Å². The number of carbonyl (C=O) groups excluding carboxylic acids is 2. The van der Waals surface area contributed by atoms with Crippen molar-refractivity contribution >= 4 is 17.5 Å². The fourth-order valence-electron chi connectivity index (χ4n) is 2.89. The van der Waals surface area contributed by atoms with Crippen molar-refractivity contribution in [1.82, 2.24) is 4.90 Å². The third kappa shape index (κ3) is 3.96. The number of benzene rings is 2. The number of rotatable bonds is 5. The number of anilines is 1. The highest BCUT2D eigenvalue weighted by atomic mass is 19.1. The first-order valence-corrected chi connectivity index (χ1v) is 8.03. The summed E-state index contributed by atoms with van der Waals surface area (Å²) in [6.45, 7) is 0.846. The smallest absolute Gasteiger partial charge is 0.229 e. The molecule has 2 aromatic rings. The molecular weight excluding hydrogens is 323 g/mol. The Bertz CT molecular complexity index is 779. The molecule has 1 aliphatic heterocycles. The molecule has 0 spiro atoms. The van der Waals surface area contributed by atoms with Crippen molar-refractivity contribution in [3.63, 3.8) is 0 Å². The van der Waals surface area contributed by atoms with Crippen LogP contribution in [0.1, 0.15) is 12.0 Å². The van der Waals surface area contributed by atoms with Crippen molar-refractivity contribution < 1.29 is 18.7 Å². The Balaban J connectivity index is 1.61. The van der Waals surface area contributed by atoms with E-state index in [1.165, 1.54) is 19.2 Å². The third-order valence-corrected chi connectivity index (χ3v) is 4.22. The molecule has 1 aliphatic rings. The third-order valence-electron chi connectivity index (χ3n) is 4.22. The lowest BCUT2D eigenvalue weighted by atomic mass is 10.1. The molecule has 1 saturated heterocycles. The van der Waals surface area contributed by atoms with Crippen molar-refractivity contribution in [2.45, 2.75) is 13.0 Å². The van der Waals surface area contributed by atoms with Gasteiger partial charge in [0.25, 0.3) is 0 Å². The summed E-state index contributed by atoms with van der Waals surface area (Å²) in [5.74, 6) is -1.21. The molecule has 1 N–H and O–H groups in total. The molecule has 5 nitrogen and oxygen atoms in total. The second-order valence-electron chi connectivity index (χ2n) is 6.00. The van der Waals surface area contributed by atoms with Crippen molar-refractivity contribution in [3.05, 3.63) is 59.9 Å². The summed E-state index contributed by atoms with van der Waals surface area (Å²) < 4.78 is 18.6. The van der Waals surface area contributed by atoms with Crippen molar-refractivity contribution in [2.75, 3.05) is 19.0 Å². The van der Waals surface area contributed by atoms with Crippen molar-refractivity contribution in [2.24, 2.45) is 5.92 Å². The summed E-state index contributed by atoms with van der Waals surface area (Å²) in [4.78, 5) is 26.2. The standard InChI is InChI=1S/C19H19FN2O3/c1-25-17-8-7-15(10-16(17)20)21-19(24)14-9-18(23)22(12-14)11-13-5-3-2-4-6-13/h2-8,10,14H,9,11-12H2,1H3,(H,21,24). The van der Waals surface area contributed by atoms with E-state index in [0.717, 1.165) is 5.56 Å². The van der Waals surface area contributed by atoms with E-state index in [0.29, 0.717) is 18.8 Å². The molecule has 1 atom stereocenters. The predicted octanol–water partition coefficient (Wildman–Crippen LogP) is 2.82. The highest BCUT2D eigenvalue weighted by Crippen LogP contribution is 2.24. The number of ether oxygens (including phenoxy) is 1. The van der Waals surface area contributed by atoms with Crippen LogP contribution in [0.25, 0.3) is 0 Å². The highest BCUT2D eigenvalue weighted by molar-refractivity contribution is 5.97. The summed E-state index contributed by atoms with van der Waals surface area (Å²) in [6.07, 6.45) is 0.164. The molecule has 1 fully saturated rings. The zero-order valence-electron chi connectivity index (χ0n) is 13.9. The monoisotopic (exact) mass is 342 g/mol. The van der Waals surface area contributed by atoms with Crippen molar-refractivity contribution in [3.8, 4) is 5.75 Å². The summed E-state index contributed by atoms with van der Waals surface area (Å²) in [7, 11) is 1.38. The van der Waals surface area contributed by atoms with Gasteiger partial charge in [0.1, 0.15) is 0 Å². The number of amides is 2. The fraction of sp³-hybridized carbons (Fsp3) is 0.263. The molecule has 25 heavy (non-hydrogen) atoms. The van der Waals surface area contributed by atoms with E-state index < -0.39 is 11.7 Å². The summed E-state index contributed by atoms with van der Waals surface area (Å²) in [6, 6.07) is 13.9. The van der Waals surface area contributed by atoms with Gasteiger partial charge in [-0.05, 0) is 17.7 Å². The summed E-state index contributed by atoms with van der Waals surface area (Å²) in [5.41, 5.74) is 1.37. The van der Waals surface area contributed by atoms with E-state index in [1.807, 2.05) is 30.3 Å². The maximum Gasteiger partial charge on any atom is 0.229 e. The van der Waals surface area contributed by atoms with Crippen LogP contribution in [0.3, 0.4) is 0 Å². The molecule has 0 aromatic heterocycles. The normalized spacial score (nSPS) is 16.8. The lowest BCUT2D eigenvalue weighted by Crippen LogP contribution is -2.28. The van der Waals surface area contributed by atoms with Crippen LogP contribution >= 0.6 is 0 Å². The number of halogens is 1. The maximum absolute atomic E-state index is 13.7. The first-order chi connectivity index (χ1) is 12.1. The number of hydrogen-bond acceptors (Lipinski definition) is 3. The predicted molar refractivity (Wildman–Crippen MR) is 91.5 cm³/mol. The van der Waals surface area contributed by atoms with Gasteiger partial charge in [0.2, 0.25) is 11.8 Å². The molecule has 3 rings (SSSR count). The van der Waals surface area contributed by atoms with Crippen LogP contribution < -0.4 is 10.1 Å². The van der Waals surface area contributed by atoms with Crippen molar-refractivity contribution in [1.29, 1.82) is 0 Å². The van der Waals surface area contributed by atoms with Crippen LogP contribution in [-0.2, 0) is 16.1 Å². The molecule has 0 aliphatic carbocycles. The number of nitrogens with zero attached hydrogens (tertiary/aromatic N) is 1. The van der Waals surface area contributed by atoms with Gasteiger partial charge in [-0.2, -0.15) is 0 Å². The van der Waals surface area contributed by atoms with E-state index in [-0.39, 0.29) is 24.0 Å².